The van der Waals surface area contributed by atoms with Gasteiger partial charge in [0.25, 0.3) is 0 Å². The van der Waals surface area contributed by atoms with Crippen LogP contribution >= 0.6 is 11.6 Å². The molecular formula is C19H17ClN2O. The van der Waals surface area contributed by atoms with Crippen molar-refractivity contribution in [2.45, 2.75) is 12.3 Å². The largest absolute Gasteiger partial charge is 0.497 e. The van der Waals surface area contributed by atoms with Crippen LogP contribution < -0.4 is 10.1 Å². The van der Waals surface area contributed by atoms with Gasteiger partial charge in [-0.25, -0.2) is 4.98 Å². The Hall–Kier alpha value is -2.26. The van der Waals surface area contributed by atoms with Gasteiger partial charge in [0, 0.05) is 17.8 Å². The van der Waals surface area contributed by atoms with Gasteiger partial charge in [-0.1, -0.05) is 35.9 Å². The number of pyridine rings is 1. The summed E-state index contributed by atoms with van der Waals surface area (Å²) in [6, 6.07) is 16.4. The summed E-state index contributed by atoms with van der Waals surface area (Å²) in [5.41, 5.74) is 2.89. The van der Waals surface area contributed by atoms with E-state index in [2.05, 4.69) is 34.6 Å². The summed E-state index contributed by atoms with van der Waals surface area (Å²) in [4.78, 5) is 4.46. The Morgan fingerprint density at radius 3 is 2.91 bits per heavy atom. The van der Waals surface area contributed by atoms with Gasteiger partial charge in [0.2, 0.25) is 0 Å². The lowest BCUT2D eigenvalue weighted by molar-refractivity contribution is 0.415. The van der Waals surface area contributed by atoms with Crippen molar-refractivity contribution in [3.63, 3.8) is 0 Å². The van der Waals surface area contributed by atoms with E-state index < -0.39 is 0 Å². The van der Waals surface area contributed by atoms with Crippen LogP contribution in [0.5, 0.6) is 5.75 Å². The first-order valence-corrected chi connectivity index (χ1v) is 8.08. The fourth-order valence-electron chi connectivity index (χ4n) is 3.23. The maximum atomic E-state index is 6.17. The summed E-state index contributed by atoms with van der Waals surface area (Å²) in [6.45, 7) is 0.867. The first kappa shape index (κ1) is 14.3. The Morgan fingerprint density at radius 1 is 1.22 bits per heavy atom. The minimum atomic E-state index is 0.488. The lowest BCUT2D eigenvalue weighted by Gasteiger charge is -2.30. The van der Waals surface area contributed by atoms with Gasteiger partial charge in [-0.2, -0.15) is 0 Å². The molecule has 1 N–H and O–H groups in total. The molecule has 23 heavy (non-hydrogen) atoms. The minimum absolute atomic E-state index is 0.488. The summed E-state index contributed by atoms with van der Waals surface area (Å²) in [5.74, 6) is 2.19. The minimum Gasteiger partial charge on any atom is -0.497 e. The normalized spacial score (nSPS) is 15.8. The van der Waals surface area contributed by atoms with Gasteiger partial charge in [-0.3, -0.25) is 0 Å². The van der Waals surface area contributed by atoms with Crippen LogP contribution in [-0.4, -0.2) is 18.6 Å². The molecule has 0 bridgehead atoms. The van der Waals surface area contributed by atoms with E-state index in [0.29, 0.717) is 11.1 Å². The monoisotopic (exact) mass is 324 g/mol. The van der Waals surface area contributed by atoms with Gasteiger partial charge in [-0.15, -0.1) is 0 Å². The number of hydrogen-bond acceptors (Lipinski definition) is 3. The second-order valence-corrected chi connectivity index (χ2v) is 6.25. The number of fused-ring (bicyclic) bond motifs is 2. The van der Waals surface area contributed by atoms with Gasteiger partial charge >= 0.3 is 0 Å². The van der Waals surface area contributed by atoms with Crippen LogP contribution in [0.2, 0.25) is 5.15 Å². The molecule has 4 heteroatoms. The highest BCUT2D eigenvalue weighted by atomic mass is 35.5. The molecule has 1 heterocycles. The SMILES string of the molecule is COc1ccc2c(NCC3Cc4ccccc43)nc(Cl)cc2c1. The molecule has 1 aromatic heterocycles. The van der Waals surface area contributed by atoms with E-state index in [0.717, 1.165) is 35.3 Å². The van der Waals surface area contributed by atoms with Gasteiger partial charge in [-0.05, 0) is 47.2 Å². The zero-order chi connectivity index (χ0) is 15.8. The molecule has 3 nitrogen and oxygen atoms in total. The molecule has 3 aromatic rings. The van der Waals surface area contributed by atoms with Crippen LogP contribution in [0, 0.1) is 0 Å². The number of nitrogens with one attached hydrogen (secondary N) is 1. The third kappa shape index (κ3) is 2.62. The van der Waals surface area contributed by atoms with Crippen LogP contribution in [0.4, 0.5) is 5.82 Å². The van der Waals surface area contributed by atoms with Crippen molar-refractivity contribution in [3.8, 4) is 5.75 Å². The van der Waals surface area contributed by atoms with Crippen molar-refractivity contribution in [1.29, 1.82) is 0 Å². The van der Waals surface area contributed by atoms with E-state index in [-0.39, 0.29) is 0 Å². The molecule has 2 aromatic carbocycles. The van der Waals surface area contributed by atoms with Crippen molar-refractivity contribution < 1.29 is 4.74 Å². The second-order valence-electron chi connectivity index (χ2n) is 5.86. The fourth-order valence-corrected chi connectivity index (χ4v) is 3.43. The number of anilines is 1. The van der Waals surface area contributed by atoms with Crippen LogP contribution in [-0.2, 0) is 6.42 Å². The molecule has 0 fully saturated rings. The Kier molecular flexibility index (Phi) is 3.58. The first-order valence-electron chi connectivity index (χ1n) is 7.70. The number of halogens is 1. The summed E-state index contributed by atoms with van der Waals surface area (Å²) >= 11 is 6.17. The third-order valence-electron chi connectivity index (χ3n) is 4.48. The zero-order valence-electron chi connectivity index (χ0n) is 12.8. The van der Waals surface area contributed by atoms with Crippen molar-refractivity contribution in [2.24, 2.45) is 0 Å². The number of benzene rings is 2. The molecule has 1 atom stereocenters. The summed E-state index contributed by atoms with van der Waals surface area (Å²) in [7, 11) is 1.66. The molecule has 1 unspecified atom stereocenters. The Bertz CT molecular complexity index is 878. The molecule has 0 saturated heterocycles. The Morgan fingerprint density at radius 2 is 2.09 bits per heavy atom. The van der Waals surface area contributed by atoms with Gasteiger partial charge in [0.1, 0.15) is 16.7 Å². The highest BCUT2D eigenvalue weighted by Crippen LogP contribution is 2.35. The average molecular weight is 325 g/mol. The first-order chi connectivity index (χ1) is 11.2. The molecule has 4 rings (SSSR count). The Balaban J connectivity index is 1.60. The number of rotatable bonds is 4. The van der Waals surface area contributed by atoms with Gasteiger partial charge in [0.05, 0.1) is 7.11 Å². The van der Waals surface area contributed by atoms with Crippen LogP contribution in [0.15, 0.2) is 48.5 Å². The van der Waals surface area contributed by atoms with Crippen molar-refractivity contribution in [3.05, 3.63) is 64.8 Å². The van der Waals surface area contributed by atoms with E-state index in [1.54, 1.807) is 7.11 Å². The second kappa shape index (κ2) is 5.74. The average Bonchev–Trinajstić information content (AvgIpc) is 2.54. The maximum Gasteiger partial charge on any atom is 0.135 e. The molecule has 0 aliphatic heterocycles. The van der Waals surface area contributed by atoms with E-state index in [1.807, 2.05) is 24.3 Å². The predicted octanol–water partition coefficient (Wildman–Crippen LogP) is 4.65. The van der Waals surface area contributed by atoms with Crippen LogP contribution in [0.25, 0.3) is 10.8 Å². The molecule has 0 spiro atoms. The standard InChI is InChI=1S/C19H17ClN2O/c1-23-15-6-7-17-13(9-15)10-18(20)22-19(17)21-11-14-8-12-4-2-3-5-16(12)14/h2-7,9-10,14H,8,11H2,1H3,(H,21,22). The lowest BCUT2D eigenvalue weighted by Crippen LogP contribution is -2.24. The number of hydrogen-bond donors (Lipinski definition) is 1. The Labute approximate surface area is 140 Å². The van der Waals surface area contributed by atoms with E-state index in [1.165, 1.54) is 11.1 Å². The molecule has 1 aliphatic carbocycles. The summed E-state index contributed by atoms with van der Waals surface area (Å²) in [6.07, 6.45) is 1.12. The zero-order valence-corrected chi connectivity index (χ0v) is 13.6. The molecular weight excluding hydrogens is 308 g/mol. The number of methoxy groups -OCH3 is 1. The molecule has 0 radical (unpaired) electrons. The van der Waals surface area contributed by atoms with E-state index in [9.17, 15) is 0 Å². The van der Waals surface area contributed by atoms with Crippen molar-refractivity contribution >= 4 is 28.2 Å². The number of nitrogens with zero attached hydrogens (tertiary/aromatic N) is 1. The maximum absolute atomic E-state index is 6.17. The highest BCUT2D eigenvalue weighted by molar-refractivity contribution is 6.30. The topological polar surface area (TPSA) is 34.1 Å². The smallest absolute Gasteiger partial charge is 0.135 e. The van der Waals surface area contributed by atoms with Crippen LogP contribution in [0.1, 0.15) is 17.0 Å². The predicted molar refractivity (Wildman–Crippen MR) is 94.7 cm³/mol. The van der Waals surface area contributed by atoms with Gasteiger partial charge in [0.15, 0.2) is 0 Å². The van der Waals surface area contributed by atoms with Crippen molar-refractivity contribution in [1.82, 2.24) is 4.98 Å². The number of ether oxygens (including phenoxy) is 1. The van der Waals surface area contributed by atoms with Crippen LogP contribution in [0.3, 0.4) is 0 Å². The third-order valence-corrected chi connectivity index (χ3v) is 4.68. The summed E-state index contributed by atoms with van der Waals surface area (Å²) < 4.78 is 5.28. The van der Waals surface area contributed by atoms with Gasteiger partial charge < -0.3 is 10.1 Å². The quantitative estimate of drug-likeness (QED) is 0.709. The highest BCUT2D eigenvalue weighted by Gasteiger charge is 2.25. The molecule has 116 valence electrons. The molecule has 0 saturated carbocycles. The summed E-state index contributed by atoms with van der Waals surface area (Å²) in [5, 5.41) is 6.05. The fraction of sp³-hybridized carbons (Fsp3) is 0.211. The lowest BCUT2D eigenvalue weighted by atomic mass is 9.77. The van der Waals surface area contributed by atoms with Crippen molar-refractivity contribution in [2.75, 3.05) is 19.0 Å². The molecule has 1 aliphatic rings. The number of aromatic nitrogens is 1. The van der Waals surface area contributed by atoms with E-state index in [4.69, 9.17) is 16.3 Å². The molecule has 0 amide bonds. The van der Waals surface area contributed by atoms with E-state index >= 15 is 0 Å².